The van der Waals surface area contributed by atoms with Crippen LogP contribution in [-0.4, -0.2) is 6.79 Å². The predicted octanol–water partition coefficient (Wildman–Crippen LogP) is 3.26. The summed E-state index contributed by atoms with van der Waals surface area (Å²) >= 11 is 0. The molecule has 0 aliphatic heterocycles. The third kappa shape index (κ3) is 4.39. The Morgan fingerprint density at radius 2 is 1.68 bits per heavy atom. The van der Waals surface area contributed by atoms with Crippen LogP contribution in [0.1, 0.15) is 24.1 Å². The molecule has 0 bridgehead atoms. The molecule has 0 radical (unpaired) electrons. The van der Waals surface area contributed by atoms with E-state index in [2.05, 4.69) is 0 Å². The van der Waals surface area contributed by atoms with Gasteiger partial charge in [0.05, 0.1) is 6.61 Å². The van der Waals surface area contributed by atoms with E-state index in [1.165, 1.54) is 0 Å². The minimum absolute atomic E-state index is 0.0448. The maximum Gasteiger partial charge on any atom is 0.189 e. The van der Waals surface area contributed by atoms with E-state index >= 15 is 0 Å². The van der Waals surface area contributed by atoms with Crippen molar-refractivity contribution in [3.8, 4) is 5.75 Å². The summed E-state index contributed by atoms with van der Waals surface area (Å²) in [5.74, 6) is 0.789. The number of benzene rings is 2. The average molecular weight is 257 g/mol. The molecule has 0 aliphatic carbocycles. The molecule has 2 N–H and O–H groups in total. The first-order valence-corrected chi connectivity index (χ1v) is 6.36. The second-order valence-corrected chi connectivity index (χ2v) is 4.45. The smallest absolute Gasteiger partial charge is 0.189 e. The molecule has 0 unspecified atom stereocenters. The molecule has 0 aliphatic rings. The van der Waals surface area contributed by atoms with Gasteiger partial charge in [0.25, 0.3) is 0 Å². The molecule has 0 saturated carbocycles. The van der Waals surface area contributed by atoms with E-state index in [4.69, 9.17) is 15.2 Å². The minimum Gasteiger partial charge on any atom is -0.468 e. The van der Waals surface area contributed by atoms with Crippen LogP contribution in [-0.2, 0) is 11.3 Å². The van der Waals surface area contributed by atoms with Gasteiger partial charge in [-0.1, -0.05) is 42.5 Å². The summed E-state index contributed by atoms with van der Waals surface area (Å²) < 4.78 is 11.0. The molecule has 0 spiro atoms. The van der Waals surface area contributed by atoms with Crippen molar-refractivity contribution in [2.24, 2.45) is 5.73 Å². The van der Waals surface area contributed by atoms with Crippen molar-refractivity contribution < 1.29 is 9.47 Å². The van der Waals surface area contributed by atoms with Gasteiger partial charge in [0.15, 0.2) is 6.79 Å². The van der Waals surface area contributed by atoms with Crippen molar-refractivity contribution in [2.75, 3.05) is 6.79 Å². The zero-order valence-electron chi connectivity index (χ0n) is 11.1. The predicted molar refractivity (Wildman–Crippen MR) is 75.8 cm³/mol. The Morgan fingerprint density at radius 1 is 1.00 bits per heavy atom. The lowest BCUT2D eigenvalue weighted by molar-refractivity contribution is 0.00504. The summed E-state index contributed by atoms with van der Waals surface area (Å²) in [6.07, 6.45) is 0. The molecule has 0 heterocycles. The van der Waals surface area contributed by atoms with Gasteiger partial charge in [-0.25, -0.2) is 0 Å². The quantitative estimate of drug-likeness (QED) is 0.638. The first-order chi connectivity index (χ1) is 9.25. The first kappa shape index (κ1) is 13.6. The van der Waals surface area contributed by atoms with Crippen LogP contribution in [0.25, 0.3) is 0 Å². The molecule has 2 aromatic carbocycles. The van der Waals surface area contributed by atoms with Crippen LogP contribution in [0.5, 0.6) is 5.75 Å². The zero-order chi connectivity index (χ0) is 13.5. The number of ether oxygens (including phenoxy) is 2. The summed E-state index contributed by atoms with van der Waals surface area (Å²) in [6, 6.07) is 17.8. The molecule has 2 rings (SSSR count). The Balaban J connectivity index is 1.74. The summed E-state index contributed by atoms with van der Waals surface area (Å²) in [4.78, 5) is 0. The molecule has 1 atom stereocenters. The summed E-state index contributed by atoms with van der Waals surface area (Å²) in [6.45, 7) is 2.75. The van der Waals surface area contributed by atoms with E-state index in [-0.39, 0.29) is 12.8 Å². The highest BCUT2D eigenvalue weighted by Crippen LogP contribution is 2.16. The standard InChI is InChI=1S/C16H19NO2/c1-13(17)15-7-9-16(10-8-15)19-12-18-11-14-5-3-2-4-6-14/h2-10,13H,11-12,17H2,1H3/t13-/m0/s1. The normalized spacial score (nSPS) is 12.1. The molecule has 0 amide bonds. The Labute approximate surface area is 114 Å². The summed E-state index contributed by atoms with van der Waals surface area (Å²) in [7, 11) is 0. The number of rotatable bonds is 6. The number of hydrogen-bond acceptors (Lipinski definition) is 3. The number of hydrogen-bond donors (Lipinski definition) is 1. The van der Waals surface area contributed by atoms with Gasteiger partial charge in [-0.05, 0) is 30.2 Å². The monoisotopic (exact) mass is 257 g/mol. The molecule has 2 aromatic rings. The van der Waals surface area contributed by atoms with Crippen LogP contribution in [0.3, 0.4) is 0 Å². The van der Waals surface area contributed by atoms with Gasteiger partial charge < -0.3 is 15.2 Å². The van der Waals surface area contributed by atoms with E-state index < -0.39 is 0 Å². The fourth-order valence-corrected chi connectivity index (χ4v) is 1.71. The van der Waals surface area contributed by atoms with Gasteiger partial charge in [0.2, 0.25) is 0 Å². The van der Waals surface area contributed by atoms with E-state index in [1.54, 1.807) is 0 Å². The SMILES string of the molecule is C[C@H](N)c1ccc(OCOCc2ccccc2)cc1. The fourth-order valence-electron chi connectivity index (χ4n) is 1.71. The maximum absolute atomic E-state index is 5.78. The molecule has 100 valence electrons. The largest absolute Gasteiger partial charge is 0.468 e. The van der Waals surface area contributed by atoms with Gasteiger partial charge in [0, 0.05) is 6.04 Å². The van der Waals surface area contributed by atoms with Gasteiger partial charge in [-0.15, -0.1) is 0 Å². The lowest BCUT2D eigenvalue weighted by Gasteiger charge is -2.09. The zero-order valence-corrected chi connectivity index (χ0v) is 11.1. The van der Waals surface area contributed by atoms with Crippen molar-refractivity contribution in [1.29, 1.82) is 0 Å². The minimum atomic E-state index is 0.0448. The Hall–Kier alpha value is -1.84. The van der Waals surface area contributed by atoms with Crippen LogP contribution < -0.4 is 10.5 Å². The van der Waals surface area contributed by atoms with Crippen LogP contribution >= 0.6 is 0 Å². The van der Waals surface area contributed by atoms with Crippen molar-refractivity contribution in [3.05, 3.63) is 65.7 Å². The molecule has 19 heavy (non-hydrogen) atoms. The Bertz CT molecular complexity index is 480. The second-order valence-electron chi connectivity index (χ2n) is 4.45. The highest BCUT2D eigenvalue weighted by molar-refractivity contribution is 5.28. The average Bonchev–Trinajstić information content (AvgIpc) is 2.45. The lowest BCUT2D eigenvalue weighted by Crippen LogP contribution is -2.05. The highest BCUT2D eigenvalue weighted by Gasteiger charge is 1.99. The second kappa shape index (κ2) is 6.92. The molecule has 3 nitrogen and oxygen atoms in total. The molecule has 0 fully saturated rings. The third-order valence-electron chi connectivity index (χ3n) is 2.83. The van der Waals surface area contributed by atoms with Gasteiger partial charge >= 0.3 is 0 Å². The topological polar surface area (TPSA) is 44.5 Å². The molecular weight excluding hydrogens is 238 g/mol. The van der Waals surface area contributed by atoms with Crippen molar-refractivity contribution in [3.63, 3.8) is 0 Å². The van der Waals surface area contributed by atoms with Gasteiger partial charge in [-0.2, -0.15) is 0 Å². The van der Waals surface area contributed by atoms with Crippen LogP contribution in [0.15, 0.2) is 54.6 Å². The molecule has 0 aromatic heterocycles. The molecular formula is C16H19NO2. The highest BCUT2D eigenvalue weighted by atomic mass is 16.7. The third-order valence-corrected chi connectivity index (χ3v) is 2.83. The van der Waals surface area contributed by atoms with Crippen LogP contribution in [0.4, 0.5) is 0 Å². The van der Waals surface area contributed by atoms with Gasteiger partial charge in [0.1, 0.15) is 5.75 Å². The molecule has 0 saturated heterocycles. The number of nitrogens with two attached hydrogens (primary N) is 1. The van der Waals surface area contributed by atoms with Crippen LogP contribution in [0, 0.1) is 0 Å². The van der Waals surface area contributed by atoms with E-state index in [0.717, 1.165) is 16.9 Å². The summed E-state index contributed by atoms with van der Waals surface area (Å²) in [5.41, 5.74) is 8.02. The van der Waals surface area contributed by atoms with Crippen molar-refractivity contribution in [2.45, 2.75) is 19.6 Å². The lowest BCUT2D eigenvalue weighted by atomic mass is 10.1. The Kier molecular flexibility index (Phi) is 4.95. The maximum atomic E-state index is 5.78. The van der Waals surface area contributed by atoms with E-state index in [1.807, 2.05) is 61.5 Å². The first-order valence-electron chi connectivity index (χ1n) is 6.36. The van der Waals surface area contributed by atoms with E-state index in [9.17, 15) is 0 Å². The fraction of sp³-hybridized carbons (Fsp3) is 0.250. The Morgan fingerprint density at radius 3 is 2.32 bits per heavy atom. The van der Waals surface area contributed by atoms with Crippen molar-refractivity contribution >= 4 is 0 Å². The summed E-state index contributed by atoms with van der Waals surface area (Å²) in [5, 5.41) is 0. The van der Waals surface area contributed by atoms with Crippen LogP contribution in [0.2, 0.25) is 0 Å². The van der Waals surface area contributed by atoms with Gasteiger partial charge in [-0.3, -0.25) is 0 Å². The van der Waals surface area contributed by atoms with Crippen molar-refractivity contribution in [1.82, 2.24) is 0 Å². The molecule has 3 heteroatoms. The van der Waals surface area contributed by atoms with E-state index in [0.29, 0.717) is 6.61 Å².